The Labute approximate surface area is 171 Å². The smallest absolute Gasteiger partial charge is 0.420 e. The SMILES string of the molecule is CCCCOc1ccc(Nc2ncc(C(F)(F)F)c(Sc3ccccc3)n2)cc1. The number of rotatable bonds is 8. The number of hydrogen-bond acceptors (Lipinski definition) is 5. The number of nitrogens with zero attached hydrogens (tertiary/aromatic N) is 2. The van der Waals surface area contributed by atoms with E-state index in [1.165, 1.54) is 0 Å². The standard InChI is InChI=1S/C21H20F3N3OS/c1-2-3-13-28-16-11-9-15(10-12-16)26-20-25-14-18(21(22,23)24)19(27-20)29-17-7-5-4-6-8-17/h4-12,14H,2-3,13H2,1H3,(H,25,26,27). The van der Waals surface area contributed by atoms with Gasteiger partial charge in [-0.1, -0.05) is 43.3 Å². The van der Waals surface area contributed by atoms with E-state index in [2.05, 4.69) is 22.2 Å². The number of nitrogens with one attached hydrogen (secondary N) is 1. The average molecular weight is 419 g/mol. The van der Waals surface area contributed by atoms with E-state index in [4.69, 9.17) is 4.74 Å². The van der Waals surface area contributed by atoms with E-state index in [0.717, 1.165) is 36.5 Å². The summed E-state index contributed by atoms with van der Waals surface area (Å²) in [7, 11) is 0. The van der Waals surface area contributed by atoms with Crippen LogP contribution in [0.1, 0.15) is 25.3 Å². The first kappa shape index (κ1) is 21.0. The second-order valence-electron chi connectivity index (χ2n) is 6.18. The molecule has 0 radical (unpaired) electrons. The van der Waals surface area contributed by atoms with Gasteiger partial charge in [-0.05, 0) is 42.8 Å². The Kier molecular flexibility index (Phi) is 6.98. The maximum atomic E-state index is 13.4. The Morgan fingerprint density at radius 3 is 2.41 bits per heavy atom. The highest BCUT2D eigenvalue weighted by Crippen LogP contribution is 2.38. The topological polar surface area (TPSA) is 47.0 Å². The molecule has 1 N–H and O–H groups in total. The van der Waals surface area contributed by atoms with E-state index < -0.39 is 11.7 Å². The summed E-state index contributed by atoms with van der Waals surface area (Å²) >= 11 is 0.948. The zero-order valence-corrected chi connectivity index (χ0v) is 16.6. The largest absolute Gasteiger partial charge is 0.494 e. The fourth-order valence-electron chi connectivity index (χ4n) is 2.40. The van der Waals surface area contributed by atoms with Crippen molar-refractivity contribution in [2.75, 3.05) is 11.9 Å². The molecule has 0 spiro atoms. The van der Waals surface area contributed by atoms with E-state index in [1.807, 2.05) is 0 Å². The lowest BCUT2D eigenvalue weighted by Crippen LogP contribution is -2.10. The second-order valence-corrected chi connectivity index (χ2v) is 7.24. The van der Waals surface area contributed by atoms with Gasteiger partial charge in [0.25, 0.3) is 0 Å². The average Bonchev–Trinajstić information content (AvgIpc) is 2.70. The Bertz CT molecular complexity index is 919. The predicted octanol–water partition coefficient (Wildman–Crippen LogP) is 6.57. The number of hydrogen-bond donors (Lipinski definition) is 1. The number of ether oxygens (including phenoxy) is 1. The van der Waals surface area contributed by atoms with Crippen LogP contribution in [0, 0.1) is 0 Å². The summed E-state index contributed by atoms with van der Waals surface area (Å²) in [6, 6.07) is 15.9. The van der Waals surface area contributed by atoms with Gasteiger partial charge in [-0.3, -0.25) is 0 Å². The Morgan fingerprint density at radius 2 is 1.76 bits per heavy atom. The van der Waals surface area contributed by atoms with Crippen LogP contribution < -0.4 is 10.1 Å². The number of alkyl halides is 3. The zero-order chi connectivity index (χ0) is 20.7. The third-order valence-corrected chi connectivity index (χ3v) is 4.91. The first-order chi connectivity index (χ1) is 14.0. The van der Waals surface area contributed by atoms with Crippen molar-refractivity contribution >= 4 is 23.4 Å². The monoisotopic (exact) mass is 419 g/mol. The van der Waals surface area contributed by atoms with Crippen molar-refractivity contribution in [2.24, 2.45) is 0 Å². The third-order valence-electron chi connectivity index (χ3n) is 3.89. The predicted molar refractivity (Wildman–Crippen MR) is 108 cm³/mol. The minimum absolute atomic E-state index is 0.0936. The summed E-state index contributed by atoms with van der Waals surface area (Å²) in [4.78, 5) is 8.60. The van der Waals surface area contributed by atoms with E-state index in [1.54, 1.807) is 54.6 Å². The normalized spacial score (nSPS) is 11.3. The maximum absolute atomic E-state index is 13.4. The van der Waals surface area contributed by atoms with Crippen LogP contribution in [-0.2, 0) is 6.18 Å². The number of benzene rings is 2. The molecule has 1 aromatic heterocycles. The van der Waals surface area contributed by atoms with E-state index in [9.17, 15) is 13.2 Å². The molecule has 29 heavy (non-hydrogen) atoms. The minimum Gasteiger partial charge on any atom is -0.494 e. The fourth-order valence-corrected chi connectivity index (χ4v) is 3.32. The fraction of sp³-hybridized carbons (Fsp3) is 0.238. The number of aromatic nitrogens is 2. The van der Waals surface area contributed by atoms with Crippen LogP contribution in [0.25, 0.3) is 0 Å². The van der Waals surface area contributed by atoms with Crippen molar-refractivity contribution in [3.8, 4) is 5.75 Å². The quantitative estimate of drug-likeness (QED) is 0.331. The minimum atomic E-state index is -4.53. The highest BCUT2D eigenvalue weighted by molar-refractivity contribution is 7.99. The van der Waals surface area contributed by atoms with Gasteiger partial charge in [-0.25, -0.2) is 9.97 Å². The summed E-state index contributed by atoms with van der Waals surface area (Å²) < 4.78 is 45.7. The first-order valence-electron chi connectivity index (χ1n) is 9.12. The van der Waals surface area contributed by atoms with Crippen molar-refractivity contribution in [3.63, 3.8) is 0 Å². The van der Waals surface area contributed by atoms with Gasteiger partial charge in [0.1, 0.15) is 16.3 Å². The third kappa shape index (κ3) is 6.12. The van der Waals surface area contributed by atoms with Gasteiger partial charge in [0.05, 0.1) is 6.61 Å². The van der Waals surface area contributed by atoms with E-state index in [-0.39, 0.29) is 11.0 Å². The molecule has 3 aromatic rings. The first-order valence-corrected chi connectivity index (χ1v) is 9.94. The van der Waals surface area contributed by atoms with Crippen molar-refractivity contribution in [3.05, 3.63) is 66.4 Å². The van der Waals surface area contributed by atoms with Crippen LogP contribution >= 0.6 is 11.8 Å². The van der Waals surface area contributed by atoms with E-state index in [0.29, 0.717) is 17.2 Å². The maximum Gasteiger partial charge on any atom is 0.420 e. The Balaban J connectivity index is 1.78. The number of halogens is 3. The lowest BCUT2D eigenvalue weighted by Gasteiger charge is -2.13. The lowest BCUT2D eigenvalue weighted by molar-refractivity contribution is -0.140. The Hall–Kier alpha value is -2.74. The van der Waals surface area contributed by atoms with E-state index >= 15 is 0 Å². The molecule has 0 fully saturated rings. The van der Waals surface area contributed by atoms with Gasteiger partial charge in [-0.15, -0.1) is 0 Å². The zero-order valence-electron chi connectivity index (χ0n) is 15.7. The molecule has 0 saturated carbocycles. The van der Waals surface area contributed by atoms with Gasteiger partial charge in [0.2, 0.25) is 5.95 Å². The van der Waals surface area contributed by atoms with Gasteiger partial charge in [-0.2, -0.15) is 13.2 Å². The van der Waals surface area contributed by atoms with Crippen molar-refractivity contribution in [1.29, 1.82) is 0 Å². The summed E-state index contributed by atoms with van der Waals surface area (Å²) in [6.07, 6.45) is -1.70. The molecule has 8 heteroatoms. The molecule has 0 bridgehead atoms. The molecule has 0 saturated heterocycles. The highest BCUT2D eigenvalue weighted by Gasteiger charge is 2.35. The molecule has 0 atom stereocenters. The lowest BCUT2D eigenvalue weighted by atomic mass is 10.3. The van der Waals surface area contributed by atoms with Crippen LogP contribution in [0.2, 0.25) is 0 Å². The van der Waals surface area contributed by atoms with Crippen LogP contribution in [-0.4, -0.2) is 16.6 Å². The molecule has 0 aliphatic heterocycles. The summed E-state index contributed by atoms with van der Waals surface area (Å²) in [5.74, 6) is 0.828. The molecule has 0 aliphatic rings. The second kappa shape index (κ2) is 9.65. The number of unbranched alkanes of at least 4 members (excludes halogenated alkanes) is 1. The highest BCUT2D eigenvalue weighted by atomic mass is 32.2. The number of anilines is 2. The molecule has 0 unspecified atom stereocenters. The van der Waals surface area contributed by atoms with Crippen LogP contribution in [0.15, 0.2) is 70.7 Å². The van der Waals surface area contributed by atoms with Gasteiger partial charge in [0, 0.05) is 16.8 Å². The van der Waals surface area contributed by atoms with Crippen molar-refractivity contribution in [2.45, 2.75) is 35.9 Å². The molecule has 0 aliphatic carbocycles. The molecular formula is C21H20F3N3OS. The molecule has 0 amide bonds. The van der Waals surface area contributed by atoms with Crippen LogP contribution in [0.5, 0.6) is 5.75 Å². The summed E-state index contributed by atoms with van der Waals surface area (Å²) in [5, 5.41) is 2.79. The molecular weight excluding hydrogens is 399 g/mol. The van der Waals surface area contributed by atoms with Gasteiger partial charge in [0.15, 0.2) is 0 Å². The van der Waals surface area contributed by atoms with Crippen LogP contribution in [0.3, 0.4) is 0 Å². The Morgan fingerprint density at radius 1 is 1.03 bits per heavy atom. The molecule has 152 valence electrons. The molecule has 1 heterocycles. The molecule has 3 rings (SSSR count). The summed E-state index contributed by atoms with van der Waals surface area (Å²) in [5.41, 5.74) is -0.208. The van der Waals surface area contributed by atoms with Crippen molar-refractivity contribution in [1.82, 2.24) is 9.97 Å². The molecule has 2 aromatic carbocycles. The van der Waals surface area contributed by atoms with Gasteiger partial charge >= 0.3 is 6.18 Å². The van der Waals surface area contributed by atoms with Gasteiger partial charge < -0.3 is 10.1 Å². The van der Waals surface area contributed by atoms with Crippen LogP contribution in [0.4, 0.5) is 24.8 Å². The van der Waals surface area contributed by atoms with Crippen molar-refractivity contribution < 1.29 is 17.9 Å². The molecule has 4 nitrogen and oxygen atoms in total. The summed E-state index contributed by atoms with van der Waals surface area (Å²) in [6.45, 7) is 2.73.